The topological polar surface area (TPSA) is 99.9 Å². The van der Waals surface area contributed by atoms with Gasteiger partial charge in [0.2, 0.25) is 0 Å². The van der Waals surface area contributed by atoms with Crippen molar-refractivity contribution < 1.29 is 23.8 Å². The fraction of sp³-hybridized carbons (Fsp3) is 0.263. The van der Waals surface area contributed by atoms with Gasteiger partial charge in [-0.05, 0) is 48.9 Å². The molecule has 0 bridgehead atoms. The van der Waals surface area contributed by atoms with Crippen LogP contribution in [0.25, 0.3) is 0 Å². The third-order valence-electron chi connectivity index (χ3n) is 3.91. The molecule has 2 amide bonds. The van der Waals surface area contributed by atoms with Gasteiger partial charge in [-0.15, -0.1) is 0 Å². The van der Waals surface area contributed by atoms with Gasteiger partial charge >= 0.3 is 0 Å². The highest BCUT2D eigenvalue weighted by Crippen LogP contribution is 2.32. The van der Waals surface area contributed by atoms with Crippen LogP contribution in [-0.2, 0) is 4.79 Å². The van der Waals surface area contributed by atoms with Gasteiger partial charge in [0.05, 0.1) is 6.04 Å². The molecule has 7 nitrogen and oxygen atoms in total. The molecule has 1 heterocycles. The molecular formula is C19H20N2O5. The van der Waals surface area contributed by atoms with Crippen molar-refractivity contribution in [3.63, 3.8) is 0 Å². The molecule has 2 aromatic carbocycles. The number of fused-ring (bicyclic) bond motifs is 1. The van der Waals surface area contributed by atoms with Crippen LogP contribution in [0.3, 0.4) is 0 Å². The van der Waals surface area contributed by atoms with Crippen LogP contribution < -0.4 is 25.3 Å². The van der Waals surface area contributed by atoms with Gasteiger partial charge in [-0.3, -0.25) is 9.59 Å². The van der Waals surface area contributed by atoms with E-state index >= 15 is 0 Å². The Kier molecular flexibility index (Phi) is 5.26. The average molecular weight is 356 g/mol. The number of hydrogen-bond acceptors (Lipinski definition) is 5. The quantitative estimate of drug-likeness (QED) is 0.822. The largest absolute Gasteiger partial charge is 0.486 e. The minimum Gasteiger partial charge on any atom is -0.486 e. The summed E-state index contributed by atoms with van der Waals surface area (Å²) in [6.07, 6.45) is 0. The minimum atomic E-state index is -0.555. The van der Waals surface area contributed by atoms with Gasteiger partial charge < -0.3 is 25.3 Å². The molecule has 0 fully saturated rings. The monoisotopic (exact) mass is 356 g/mol. The first-order chi connectivity index (χ1) is 12.5. The summed E-state index contributed by atoms with van der Waals surface area (Å²) in [4.78, 5) is 23.1. The molecule has 136 valence electrons. The molecule has 0 saturated heterocycles. The molecule has 7 heteroatoms. The third kappa shape index (κ3) is 4.24. The Labute approximate surface area is 151 Å². The van der Waals surface area contributed by atoms with Gasteiger partial charge in [0, 0.05) is 5.56 Å². The summed E-state index contributed by atoms with van der Waals surface area (Å²) >= 11 is 0. The molecule has 0 saturated carbocycles. The molecular weight excluding hydrogens is 336 g/mol. The maximum atomic E-state index is 12.4. The van der Waals surface area contributed by atoms with Crippen LogP contribution in [0, 0.1) is 0 Å². The molecule has 0 aromatic heterocycles. The highest BCUT2D eigenvalue weighted by Gasteiger charge is 2.16. The predicted molar refractivity (Wildman–Crippen MR) is 94.4 cm³/mol. The van der Waals surface area contributed by atoms with Crippen LogP contribution in [0.2, 0.25) is 0 Å². The van der Waals surface area contributed by atoms with E-state index in [1.807, 2.05) is 25.1 Å². The summed E-state index contributed by atoms with van der Waals surface area (Å²) in [6.45, 7) is 2.75. The van der Waals surface area contributed by atoms with E-state index in [0.29, 0.717) is 36.0 Å². The van der Waals surface area contributed by atoms with Gasteiger partial charge in [0.1, 0.15) is 19.0 Å². The lowest BCUT2D eigenvalue weighted by Gasteiger charge is -2.21. The first-order valence-corrected chi connectivity index (χ1v) is 8.24. The molecule has 0 aliphatic carbocycles. The first-order valence-electron chi connectivity index (χ1n) is 8.24. The van der Waals surface area contributed by atoms with Crippen LogP contribution in [0.5, 0.6) is 17.2 Å². The first kappa shape index (κ1) is 17.6. The van der Waals surface area contributed by atoms with Crippen LogP contribution in [0.4, 0.5) is 0 Å². The Morgan fingerprint density at radius 1 is 1.12 bits per heavy atom. The second-order valence-electron chi connectivity index (χ2n) is 5.88. The van der Waals surface area contributed by atoms with Crippen LogP contribution in [0.1, 0.15) is 28.9 Å². The van der Waals surface area contributed by atoms with Crippen LogP contribution in [0.15, 0.2) is 42.5 Å². The molecule has 0 unspecified atom stereocenters. The number of carbonyl (C=O) groups is 2. The number of amides is 2. The smallest absolute Gasteiger partial charge is 0.255 e. The van der Waals surface area contributed by atoms with E-state index < -0.39 is 5.91 Å². The minimum absolute atomic E-state index is 0.202. The number of primary amides is 1. The third-order valence-corrected chi connectivity index (χ3v) is 3.91. The van der Waals surface area contributed by atoms with Crippen molar-refractivity contribution in [2.45, 2.75) is 13.0 Å². The van der Waals surface area contributed by atoms with E-state index in [9.17, 15) is 9.59 Å². The SMILES string of the molecule is C[C@H](NC(=O)c1ccc(OCC(N)=O)cc1)c1ccc2c(c1)OCCO2. The van der Waals surface area contributed by atoms with Crippen molar-refractivity contribution >= 4 is 11.8 Å². The van der Waals surface area contributed by atoms with E-state index in [1.165, 1.54) is 0 Å². The van der Waals surface area contributed by atoms with Crippen LogP contribution >= 0.6 is 0 Å². The molecule has 3 N–H and O–H groups in total. The van der Waals surface area contributed by atoms with Crippen molar-refractivity contribution in [1.82, 2.24) is 5.32 Å². The molecule has 1 aliphatic rings. The van der Waals surface area contributed by atoms with E-state index in [-0.39, 0.29) is 18.6 Å². The Morgan fingerprint density at radius 3 is 2.50 bits per heavy atom. The lowest BCUT2D eigenvalue weighted by atomic mass is 10.1. The lowest BCUT2D eigenvalue weighted by molar-refractivity contribution is -0.119. The number of carbonyl (C=O) groups excluding carboxylic acids is 2. The normalized spacial score (nSPS) is 13.6. The molecule has 1 atom stereocenters. The van der Waals surface area contributed by atoms with Gasteiger partial charge in [0.15, 0.2) is 18.1 Å². The van der Waals surface area contributed by atoms with E-state index in [1.54, 1.807) is 24.3 Å². The number of nitrogens with two attached hydrogens (primary N) is 1. The Morgan fingerprint density at radius 2 is 1.81 bits per heavy atom. The lowest BCUT2D eigenvalue weighted by Crippen LogP contribution is -2.26. The highest BCUT2D eigenvalue weighted by molar-refractivity contribution is 5.94. The number of hydrogen-bond donors (Lipinski definition) is 2. The zero-order valence-electron chi connectivity index (χ0n) is 14.4. The summed E-state index contributed by atoms with van der Waals surface area (Å²) < 4.78 is 16.2. The molecule has 1 aliphatic heterocycles. The standard InChI is InChI=1S/C19H20N2O5/c1-12(14-4-7-16-17(10-14)25-9-8-24-16)21-19(23)13-2-5-15(6-3-13)26-11-18(20)22/h2-7,10,12H,8-9,11H2,1H3,(H2,20,22)(H,21,23)/t12-/m0/s1. The zero-order valence-corrected chi connectivity index (χ0v) is 14.4. The van der Waals surface area contributed by atoms with Gasteiger partial charge in [-0.2, -0.15) is 0 Å². The average Bonchev–Trinajstić information content (AvgIpc) is 2.66. The van der Waals surface area contributed by atoms with Crippen molar-refractivity contribution in [3.8, 4) is 17.2 Å². The van der Waals surface area contributed by atoms with Gasteiger partial charge in [0.25, 0.3) is 11.8 Å². The predicted octanol–water partition coefficient (Wildman–Crippen LogP) is 1.81. The maximum Gasteiger partial charge on any atom is 0.255 e. The van der Waals surface area contributed by atoms with Crippen molar-refractivity contribution in [2.75, 3.05) is 19.8 Å². The highest BCUT2D eigenvalue weighted by atomic mass is 16.6. The molecule has 0 spiro atoms. The summed E-state index contributed by atoms with van der Waals surface area (Å²) in [6, 6.07) is 11.9. The summed E-state index contributed by atoms with van der Waals surface area (Å²) in [7, 11) is 0. The fourth-order valence-electron chi connectivity index (χ4n) is 2.55. The van der Waals surface area contributed by atoms with E-state index in [4.69, 9.17) is 19.9 Å². The van der Waals surface area contributed by atoms with E-state index in [0.717, 1.165) is 5.56 Å². The number of nitrogens with one attached hydrogen (secondary N) is 1. The maximum absolute atomic E-state index is 12.4. The Bertz CT molecular complexity index is 804. The molecule has 0 radical (unpaired) electrons. The second kappa shape index (κ2) is 7.77. The molecule has 3 rings (SSSR count). The summed E-state index contributed by atoms with van der Waals surface area (Å²) in [5.41, 5.74) is 6.43. The summed E-state index contributed by atoms with van der Waals surface area (Å²) in [5, 5.41) is 2.94. The zero-order chi connectivity index (χ0) is 18.5. The number of rotatable bonds is 6. The van der Waals surface area contributed by atoms with Crippen molar-refractivity contribution in [1.29, 1.82) is 0 Å². The second-order valence-corrected chi connectivity index (χ2v) is 5.88. The fourth-order valence-corrected chi connectivity index (χ4v) is 2.55. The molecule has 26 heavy (non-hydrogen) atoms. The van der Waals surface area contributed by atoms with Crippen molar-refractivity contribution in [3.05, 3.63) is 53.6 Å². The summed E-state index contributed by atoms with van der Waals surface area (Å²) in [5.74, 6) is 1.10. The number of ether oxygens (including phenoxy) is 3. The Hall–Kier alpha value is -3.22. The van der Waals surface area contributed by atoms with Gasteiger partial charge in [-0.1, -0.05) is 6.07 Å². The van der Waals surface area contributed by atoms with Crippen LogP contribution in [-0.4, -0.2) is 31.6 Å². The molecule has 2 aromatic rings. The Balaban J connectivity index is 1.62. The van der Waals surface area contributed by atoms with Gasteiger partial charge in [-0.25, -0.2) is 0 Å². The number of benzene rings is 2. The van der Waals surface area contributed by atoms with E-state index in [2.05, 4.69) is 5.32 Å². The van der Waals surface area contributed by atoms with Crippen molar-refractivity contribution in [2.24, 2.45) is 5.73 Å².